The van der Waals surface area contributed by atoms with Gasteiger partial charge in [0.05, 0.1) is 11.3 Å². The molecule has 4 rings (SSSR count). The third kappa shape index (κ3) is 5.99. The van der Waals surface area contributed by atoms with Gasteiger partial charge in [-0.15, -0.1) is 0 Å². The molecule has 7 heteroatoms. The van der Waals surface area contributed by atoms with Crippen molar-refractivity contribution in [1.29, 1.82) is 5.41 Å². The maximum Gasteiger partial charge on any atom is 0.245 e. The van der Waals surface area contributed by atoms with Crippen molar-refractivity contribution in [2.24, 2.45) is 0 Å². The van der Waals surface area contributed by atoms with Gasteiger partial charge in [0.15, 0.2) is 0 Å². The van der Waals surface area contributed by atoms with E-state index in [4.69, 9.17) is 15.9 Å². The number of nitrogens with zero attached hydrogens (tertiary/aromatic N) is 3. The Hall–Kier alpha value is -4.00. The summed E-state index contributed by atoms with van der Waals surface area (Å²) in [4.78, 5) is 20.5. The molecule has 1 aliphatic rings. The number of nitrogens with two attached hydrogens (primary N) is 1. The molecule has 0 spiro atoms. The topological polar surface area (TPSA) is 105 Å². The van der Waals surface area contributed by atoms with Crippen molar-refractivity contribution in [3.63, 3.8) is 0 Å². The van der Waals surface area contributed by atoms with Gasteiger partial charge < -0.3 is 15.4 Å². The van der Waals surface area contributed by atoms with Crippen LogP contribution in [0, 0.1) is 5.41 Å². The minimum Gasteiger partial charge on any atom is -0.457 e. The Labute approximate surface area is 181 Å². The van der Waals surface area contributed by atoms with Crippen LogP contribution in [0.1, 0.15) is 24.0 Å². The Bertz CT molecular complexity index is 1030. The molecule has 0 saturated carbocycles. The van der Waals surface area contributed by atoms with E-state index in [1.54, 1.807) is 6.20 Å². The van der Waals surface area contributed by atoms with Crippen molar-refractivity contribution in [2.45, 2.75) is 12.8 Å². The number of benzene rings is 2. The van der Waals surface area contributed by atoms with Crippen LogP contribution in [0.15, 0.2) is 79.8 Å². The second kappa shape index (κ2) is 10.7. The summed E-state index contributed by atoms with van der Waals surface area (Å²) >= 11 is 0. The lowest BCUT2D eigenvalue weighted by Gasteiger charge is -2.10. The smallest absolute Gasteiger partial charge is 0.245 e. The van der Waals surface area contributed by atoms with Crippen molar-refractivity contribution in [3.8, 4) is 11.5 Å². The van der Waals surface area contributed by atoms with Crippen LogP contribution in [-0.2, 0) is 4.79 Å². The minimum absolute atomic E-state index is 0.0764. The fourth-order valence-electron chi connectivity index (χ4n) is 3.07. The van der Waals surface area contributed by atoms with Crippen LogP contribution >= 0.6 is 0 Å². The van der Waals surface area contributed by atoms with Crippen LogP contribution in [0.4, 0.5) is 5.82 Å². The van der Waals surface area contributed by atoms with Gasteiger partial charge in [-0.25, -0.2) is 9.97 Å². The molecule has 3 aromatic rings. The van der Waals surface area contributed by atoms with Crippen molar-refractivity contribution in [2.75, 3.05) is 18.8 Å². The van der Waals surface area contributed by atoms with E-state index in [0.717, 1.165) is 37.2 Å². The van der Waals surface area contributed by atoms with Gasteiger partial charge in [0.1, 0.15) is 23.6 Å². The Kier molecular flexibility index (Phi) is 7.48. The second-order valence-corrected chi connectivity index (χ2v) is 6.87. The zero-order valence-corrected chi connectivity index (χ0v) is 17.2. The highest BCUT2D eigenvalue weighted by atomic mass is 16.5. The standard InChI is InChI=1S/C17H14N4O.C7H11NO/c18-16(15-10-20-11-21-17(15)19)12-6-8-14(9-7-12)22-13-4-2-1-3-5-13;1-2-7(9)8-5-3-4-6-8/h1-11,18H,(H2,19,20,21);2H,1,3-6H2. The predicted molar refractivity (Wildman–Crippen MR) is 121 cm³/mol. The monoisotopic (exact) mass is 415 g/mol. The number of rotatable bonds is 5. The normalized spacial score (nSPS) is 12.5. The average Bonchev–Trinajstić information content (AvgIpc) is 3.35. The van der Waals surface area contributed by atoms with Crippen LogP contribution in [0.3, 0.4) is 0 Å². The number of anilines is 1. The molecule has 1 saturated heterocycles. The highest BCUT2D eigenvalue weighted by Crippen LogP contribution is 2.22. The number of hydrogen-bond acceptors (Lipinski definition) is 6. The third-order valence-electron chi connectivity index (χ3n) is 4.73. The summed E-state index contributed by atoms with van der Waals surface area (Å²) in [6, 6.07) is 16.8. The lowest BCUT2D eigenvalue weighted by molar-refractivity contribution is -0.124. The first-order chi connectivity index (χ1) is 15.1. The number of ether oxygens (including phenoxy) is 1. The van der Waals surface area contributed by atoms with Gasteiger partial charge in [0.2, 0.25) is 5.91 Å². The van der Waals surface area contributed by atoms with Crippen LogP contribution in [-0.4, -0.2) is 39.6 Å². The number of hydrogen-bond donors (Lipinski definition) is 2. The zero-order chi connectivity index (χ0) is 22.1. The first kappa shape index (κ1) is 21.7. The summed E-state index contributed by atoms with van der Waals surface area (Å²) in [5.74, 6) is 1.85. The highest BCUT2D eigenvalue weighted by molar-refractivity contribution is 6.13. The average molecular weight is 415 g/mol. The lowest BCUT2D eigenvalue weighted by atomic mass is 10.0. The molecule has 2 aromatic carbocycles. The van der Waals surface area contributed by atoms with Gasteiger partial charge in [-0.2, -0.15) is 0 Å². The quantitative estimate of drug-likeness (QED) is 0.483. The summed E-state index contributed by atoms with van der Waals surface area (Å²) in [6.45, 7) is 5.26. The minimum atomic E-state index is 0.0764. The van der Waals surface area contributed by atoms with E-state index in [2.05, 4.69) is 16.5 Å². The molecule has 1 aromatic heterocycles. The Morgan fingerprint density at radius 2 is 1.71 bits per heavy atom. The lowest BCUT2D eigenvalue weighted by Crippen LogP contribution is -2.25. The molecule has 0 aliphatic carbocycles. The third-order valence-corrected chi connectivity index (χ3v) is 4.73. The summed E-state index contributed by atoms with van der Waals surface area (Å²) in [7, 11) is 0. The molecular weight excluding hydrogens is 390 g/mol. The van der Waals surface area contributed by atoms with Crippen LogP contribution in [0.25, 0.3) is 0 Å². The Morgan fingerprint density at radius 1 is 1.06 bits per heavy atom. The van der Waals surface area contributed by atoms with Gasteiger partial charge >= 0.3 is 0 Å². The predicted octanol–water partition coefficient (Wildman–Crippen LogP) is 4.06. The molecule has 7 nitrogen and oxygen atoms in total. The van der Waals surface area contributed by atoms with Gasteiger partial charge in [-0.05, 0) is 55.3 Å². The molecule has 3 N–H and O–H groups in total. The zero-order valence-electron chi connectivity index (χ0n) is 17.2. The Balaban J connectivity index is 0.000000254. The number of carbonyl (C=O) groups excluding carboxylic acids is 1. The number of nitrogen functional groups attached to an aromatic ring is 1. The molecule has 1 aliphatic heterocycles. The van der Waals surface area contributed by atoms with Gasteiger partial charge in [-0.1, -0.05) is 24.8 Å². The number of aromatic nitrogens is 2. The first-order valence-electron chi connectivity index (χ1n) is 9.97. The van der Waals surface area contributed by atoms with Crippen LogP contribution in [0.2, 0.25) is 0 Å². The highest BCUT2D eigenvalue weighted by Gasteiger charge is 2.14. The summed E-state index contributed by atoms with van der Waals surface area (Å²) in [5.41, 5.74) is 7.29. The van der Waals surface area contributed by atoms with Gasteiger partial charge in [0.25, 0.3) is 0 Å². The van der Waals surface area contributed by atoms with Gasteiger partial charge in [0, 0.05) is 24.8 Å². The maximum absolute atomic E-state index is 10.8. The van der Waals surface area contributed by atoms with E-state index in [1.165, 1.54) is 12.4 Å². The summed E-state index contributed by atoms with van der Waals surface area (Å²) in [5, 5.41) is 8.20. The van der Waals surface area contributed by atoms with Crippen molar-refractivity contribution in [3.05, 3.63) is 90.9 Å². The van der Waals surface area contributed by atoms with Crippen molar-refractivity contribution >= 4 is 17.4 Å². The molecule has 31 heavy (non-hydrogen) atoms. The van der Waals surface area contributed by atoms with Crippen molar-refractivity contribution < 1.29 is 9.53 Å². The fourth-order valence-corrected chi connectivity index (χ4v) is 3.07. The SMILES string of the molecule is C=CC(=O)N1CCCC1.N=C(c1ccc(Oc2ccccc2)cc1)c1cncnc1N. The number of nitrogens with one attached hydrogen (secondary N) is 1. The van der Waals surface area contributed by atoms with E-state index in [1.807, 2.05) is 59.5 Å². The molecular formula is C24H25N5O2. The molecule has 158 valence electrons. The molecule has 1 fully saturated rings. The maximum atomic E-state index is 10.8. The van der Waals surface area contributed by atoms with E-state index < -0.39 is 0 Å². The molecule has 0 radical (unpaired) electrons. The molecule has 2 heterocycles. The van der Waals surface area contributed by atoms with Gasteiger partial charge in [-0.3, -0.25) is 10.2 Å². The van der Waals surface area contributed by atoms with E-state index >= 15 is 0 Å². The van der Waals surface area contributed by atoms with Crippen LogP contribution < -0.4 is 10.5 Å². The Morgan fingerprint density at radius 3 is 2.32 bits per heavy atom. The summed E-state index contributed by atoms with van der Waals surface area (Å²) in [6.07, 6.45) is 6.59. The first-order valence-corrected chi connectivity index (χ1v) is 9.97. The molecule has 0 unspecified atom stereocenters. The number of likely N-dealkylation sites (tertiary alicyclic amines) is 1. The van der Waals surface area contributed by atoms with Crippen LogP contribution in [0.5, 0.6) is 11.5 Å². The van der Waals surface area contributed by atoms with Crippen molar-refractivity contribution in [1.82, 2.24) is 14.9 Å². The number of carbonyl (C=O) groups is 1. The fraction of sp³-hybridized carbons (Fsp3) is 0.167. The van der Waals surface area contributed by atoms with E-state index in [9.17, 15) is 4.79 Å². The largest absolute Gasteiger partial charge is 0.457 e. The molecule has 0 atom stereocenters. The van der Waals surface area contributed by atoms with E-state index in [-0.39, 0.29) is 11.6 Å². The number of amides is 1. The van der Waals surface area contributed by atoms with E-state index in [0.29, 0.717) is 17.1 Å². The molecule has 1 amide bonds. The second-order valence-electron chi connectivity index (χ2n) is 6.87. The summed E-state index contributed by atoms with van der Waals surface area (Å²) < 4.78 is 5.72. The number of para-hydroxylation sites is 1. The molecule has 0 bridgehead atoms.